The van der Waals surface area contributed by atoms with E-state index in [1.807, 2.05) is 13.0 Å². The largest absolute Gasteiger partial charge is 0.205 e. The standard InChI is InChI=1S/C9H7ClFN/c1-6-4-7(2-3-12)9(11)8(10)5-6/h4-5H,2H2,1H3. The van der Waals surface area contributed by atoms with Crippen molar-refractivity contribution in [1.82, 2.24) is 0 Å². The van der Waals surface area contributed by atoms with E-state index in [-0.39, 0.29) is 11.4 Å². The van der Waals surface area contributed by atoms with Crippen LogP contribution in [0.2, 0.25) is 5.02 Å². The molecular weight excluding hydrogens is 177 g/mol. The first-order valence-corrected chi connectivity index (χ1v) is 3.84. The average molecular weight is 184 g/mol. The maximum Gasteiger partial charge on any atom is 0.146 e. The molecule has 0 saturated heterocycles. The third kappa shape index (κ3) is 1.75. The van der Waals surface area contributed by atoms with Crippen molar-refractivity contribution in [3.8, 4) is 6.07 Å². The van der Waals surface area contributed by atoms with Gasteiger partial charge in [-0.15, -0.1) is 0 Å². The summed E-state index contributed by atoms with van der Waals surface area (Å²) in [6, 6.07) is 5.05. The van der Waals surface area contributed by atoms with E-state index in [0.29, 0.717) is 5.56 Å². The Bertz CT molecular complexity index is 341. The zero-order valence-corrected chi connectivity index (χ0v) is 7.32. The highest BCUT2D eigenvalue weighted by Crippen LogP contribution is 2.20. The molecule has 1 rings (SSSR count). The van der Waals surface area contributed by atoms with Gasteiger partial charge < -0.3 is 0 Å². The number of hydrogen-bond donors (Lipinski definition) is 0. The van der Waals surface area contributed by atoms with Crippen LogP contribution >= 0.6 is 11.6 Å². The van der Waals surface area contributed by atoms with Crippen LogP contribution in [0.25, 0.3) is 0 Å². The molecule has 12 heavy (non-hydrogen) atoms. The quantitative estimate of drug-likeness (QED) is 0.657. The van der Waals surface area contributed by atoms with Crippen LogP contribution in [0.1, 0.15) is 11.1 Å². The molecule has 62 valence electrons. The maximum absolute atomic E-state index is 13.1. The van der Waals surface area contributed by atoms with Gasteiger partial charge in [-0.1, -0.05) is 17.7 Å². The minimum atomic E-state index is -0.483. The second-order valence-electron chi connectivity index (χ2n) is 2.55. The molecule has 0 unspecified atom stereocenters. The topological polar surface area (TPSA) is 23.8 Å². The SMILES string of the molecule is Cc1cc(Cl)c(F)c(CC#N)c1. The molecule has 0 heterocycles. The summed E-state index contributed by atoms with van der Waals surface area (Å²) >= 11 is 5.57. The number of benzene rings is 1. The van der Waals surface area contributed by atoms with Crippen molar-refractivity contribution in [3.63, 3.8) is 0 Å². The molecule has 0 N–H and O–H groups in total. The lowest BCUT2D eigenvalue weighted by Crippen LogP contribution is -1.90. The van der Waals surface area contributed by atoms with Crippen LogP contribution in [0.3, 0.4) is 0 Å². The Kier molecular flexibility index (Phi) is 2.67. The monoisotopic (exact) mass is 183 g/mol. The fourth-order valence-corrected chi connectivity index (χ4v) is 1.30. The van der Waals surface area contributed by atoms with E-state index in [2.05, 4.69) is 0 Å². The summed E-state index contributed by atoms with van der Waals surface area (Å²) in [4.78, 5) is 0. The van der Waals surface area contributed by atoms with Gasteiger partial charge in [-0.25, -0.2) is 4.39 Å². The molecule has 1 aromatic rings. The molecule has 0 aromatic heterocycles. The van der Waals surface area contributed by atoms with E-state index in [1.54, 1.807) is 6.07 Å². The molecule has 0 bridgehead atoms. The molecule has 0 aliphatic carbocycles. The summed E-state index contributed by atoms with van der Waals surface area (Å²) in [6.07, 6.45) is 0.0627. The van der Waals surface area contributed by atoms with Crippen molar-refractivity contribution in [3.05, 3.63) is 34.1 Å². The lowest BCUT2D eigenvalue weighted by molar-refractivity contribution is 0.615. The minimum absolute atomic E-state index is 0.0627. The summed E-state index contributed by atoms with van der Waals surface area (Å²) in [5.41, 5.74) is 1.23. The van der Waals surface area contributed by atoms with Gasteiger partial charge in [0.25, 0.3) is 0 Å². The van der Waals surface area contributed by atoms with Gasteiger partial charge in [0.05, 0.1) is 17.5 Å². The van der Waals surface area contributed by atoms with Gasteiger partial charge in [-0.2, -0.15) is 5.26 Å². The molecule has 1 aromatic carbocycles. The Morgan fingerprint density at radius 3 is 2.83 bits per heavy atom. The summed E-state index contributed by atoms with van der Waals surface area (Å²) in [5, 5.41) is 8.45. The van der Waals surface area contributed by atoms with E-state index in [4.69, 9.17) is 16.9 Å². The predicted molar refractivity (Wildman–Crippen MR) is 45.5 cm³/mol. The summed E-state index contributed by atoms with van der Waals surface area (Å²) in [7, 11) is 0. The van der Waals surface area contributed by atoms with E-state index >= 15 is 0 Å². The van der Waals surface area contributed by atoms with Gasteiger partial charge in [0, 0.05) is 5.56 Å². The van der Waals surface area contributed by atoms with Gasteiger partial charge in [0.15, 0.2) is 0 Å². The lowest BCUT2D eigenvalue weighted by atomic mass is 10.1. The Morgan fingerprint density at radius 2 is 2.25 bits per heavy atom. The molecule has 0 aliphatic rings. The predicted octanol–water partition coefficient (Wildman–Crippen LogP) is 2.85. The molecule has 1 nitrogen and oxygen atoms in total. The van der Waals surface area contributed by atoms with Crippen LogP contribution in [0, 0.1) is 24.1 Å². The molecule has 3 heteroatoms. The van der Waals surface area contributed by atoms with Gasteiger partial charge in [-0.05, 0) is 18.6 Å². The van der Waals surface area contributed by atoms with Crippen LogP contribution in [0.5, 0.6) is 0 Å². The van der Waals surface area contributed by atoms with Crippen LogP contribution in [-0.4, -0.2) is 0 Å². The normalized spacial score (nSPS) is 9.50. The third-order valence-electron chi connectivity index (χ3n) is 1.52. The number of aryl methyl sites for hydroxylation is 1. The summed E-state index contributed by atoms with van der Waals surface area (Å²) in [5.74, 6) is -0.483. The number of halogens is 2. The zero-order valence-electron chi connectivity index (χ0n) is 6.56. The molecular formula is C9H7ClFN. The van der Waals surface area contributed by atoms with Crippen molar-refractivity contribution >= 4 is 11.6 Å². The number of rotatable bonds is 1. The maximum atomic E-state index is 13.1. The van der Waals surface area contributed by atoms with Gasteiger partial charge >= 0.3 is 0 Å². The summed E-state index contributed by atoms with van der Waals surface area (Å²) in [6.45, 7) is 1.81. The van der Waals surface area contributed by atoms with E-state index in [0.717, 1.165) is 5.56 Å². The molecule has 0 saturated carbocycles. The van der Waals surface area contributed by atoms with Gasteiger partial charge in [-0.3, -0.25) is 0 Å². The highest BCUT2D eigenvalue weighted by molar-refractivity contribution is 6.30. The van der Waals surface area contributed by atoms with E-state index in [9.17, 15) is 4.39 Å². The smallest absolute Gasteiger partial charge is 0.146 e. The number of nitriles is 1. The lowest BCUT2D eigenvalue weighted by Gasteiger charge is -2.01. The van der Waals surface area contributed by atoms with Crippen molar-refractivity contribution < 1.29 is 4.39 Å². The molecule has 0 radical (unpaired) electrons. The van der Waals surface area contributed by atoms with Crippen LogP contribution < -0.4 is 0 Å². The third-order valence-corrected chi connectivity index (χ3v) is 1.79. The molecule has 0 aliphatic heterocycles. The first kappa shape index (κ1) is 9.02. The molecule has 0 fully saturated rings. The minimum Gasteiger partial charge on any atom is -0.205 e. The molecule has 0 spiro atoms. The van der Waals surface area contributed by atoms with Crippen molar-refractivity contribution in [2.45, 2.75) is 13.3 Å². The Hall–Kier alpha value is -1.07. The van der Waals surface area contributed by atoms with Crippen molar-refractivity contribution in [2.75, 3.05) is 0 Å². The average Bonchev–Trinajstić information content (AvgIpc) is 2.00. The first-order valence-electron chi connectivity index (χ1n) is 3.46. The fraction of sp³-hybridized carbons (Fsp3) is 0.222. The fourth-order valence-electron chi connectivity index (χ4n) is 1.01. The first-order chi connectivity index (χ1) is 5.65. The summed E-state index contributed by atoms with van der Waals surface area (Å²) < 4.78 is 13.1. The van der Waals surface area contributed by atoms with Crippen LogP contribution in [0.15, 0.2) is 12.1 Å². The number of nitrogens with zero attached hydrogens (tertiary/aromatic N) is 1. The molecule has 0 atom stereocenters. The van der Waals surface area contributed by atoms with Gasteiger partial charge in [0.1, 0.15) is 5.82 Å². The van der Waals surface area contributed by atoms with Crippen LogP contribution in [0.4, 0.5) is 4.39 Å². The van der Waals surface area contributed by atoms with Gasteiger partial charge in [0.2, 0.25) is 0 Å². The Labute approximate surface area is 75.4 Å². The molecule has 0 amide bonds. The van der Waals surface area contributed by atoms with Crippen molar-refractivity contribution in [1.29, 1.82) is 5.26 Å². The highest BCUT2D eigenvalue weighted by atomic mass is 35.5. The van der Waals surface area contributed by atoms with Crippen molar-refractivity contribution in [2.24, 2.45) is 0 Å². The van der Waals surface area contributed by atoms with E-state index < -0.39 is 5.82 Å². The second kappa shape index (κ2) is 3.55. The van der Waals surface area contributed by atoms with Crippen LogP contribution in [-0.2, 0) is 6.42 Å². The van der Waals surface area contributed by atoms with E-state index in [1.165, 1.54) is 6.07 Å². The Morgan fingerprint density at radius 1 is 1.58 bits per heavy atom. The Balaban J connectivity index is 3.20. The number of hydrogen-bond acceptors (Lipinski definition) is 1. The second-order valence-corrected chi connectivity index (χ2v) is 2.96. The zero-order chi connectivity index (χ0) is 9.14. The highest BCUT2D eigenvalue weighted by Gasteiger charge is 2.06.